The van der Waals surface area contributed by atoms with E-state index in [0.717, 1.165) is 27.5 Å². The van der Waals surface area contributed by atoms with Gasteiger partial charge in [-0.1, -0.05) is 49.4 Å². The Balaban J connectivity index is 0.000000431. The summed E-state index contributed by atoms with van der Waals surface area (Å²) in [6.45, 7) is 1.92. The van der Waals surface area contributed by atoms with Gasteiger partial charge in [0, 0.05) is 52.5 Å². The van der Waals surface area contributed by atoms with Crippen LogP contribution in [0.15, 0.2) is 79.3 Å². The molecule has 0 aliphatic rings. The van der Waals surface area contributed by atoms with Gasteiger partial charge in [-0.15, -0.1) is 0 Å². The van der Waals surface area contributed by atoms with Crippen LogP contribution in [-0.2, 0) is 4.79 Å². The van der Waals surface area contributed by atoms with Crippen molar-refractivity contribution in [2.45, 2.75) is 19.8 Å². The SMILES string of the molecule is CCCC(N)=O.O=C(c1c[nH]c2ncc(-c3ccccc3)cc12)c1cccc2c1ccn2C(=O)O. The third-order valence-corrected chi connectivity index (χ3v) is 5.56. The second-order valence-corrected chi connectivity index (χ2v) is 7.94. The number of fused-ring (bicyclic) bond motifs is 2. The van der Waals surface area contributed by atoms with E-state index in [4.69, 9.17) is 5.73 Å². The van der Waals surface area contributed by atoms with E-state index in [1.54, 1.807) is 36.7 Å². The van der Waals surface area contributed by atoms with Crippen LogP contribution in [0.1, 0.15) is 35.7 Å². The fraction of sp³-hybridized carbons (Fsp3) is 0.111. The Morgan fingerprint density at radius 3 is 2.40 bits per heavy atom. The van der Waals surface area contributed by atoms with Crippen LogP contribution in [0.2, 0.25) is 0 Å². The van der Waals surface area contributed by atoms with E-state index in [1.165, 1.54) is 6.20 Å². The maximum absolute atomic E-state index is 13.4. The van der Waals surface area contributed by atoms with Gasteiger partial charge in [0.1, 0.15) is 5.65 Å². The van der Waals surface area contributed by atoms with Gasteiger partial charge in [0.2, 0.25) is 5.91 Å². The maximum atomic E-state index is 13.4. The van der Waals surface area contributed by atoms with Gasteiger partial charge in [-0.2, -0.15) is 0 Å². The number of hydrogen-bond donors (Lipinski definition) is 3. The summed E-state index contributed by atoms with van der Waals surface area (Å²) in [4.78, 5) is 42.1. The quantitative estimate of drug-likeness (QED) is 0.305. The molecular formula is C27H24N4O4. The second-order valence-electron chi connectivity index (χ2n) is 7.94. The molecule has 4 N–H and O–H groups in total. The largest absolute Gasteiger partial charge is 0.464 e. The first kappa shape index (κ1) is 23.4. The van der Waals surface area contributed by atoms with Crippen molar-refractivity contribution >= 4 is 39.7 Å². The lowest BCUT2D eigenvalue weighted by Gasteiger charge is -2.05. The molecule has 2 aromatic carbocycles. The lowest BCUT2D eigenvalue weighted by atomic mass is 9.99. The van der Waals surface area contributed by atoms with Crippen molar-refractivity contribution in [3.8, 4) is 11.1 Å². The summed E-state index contributed by atoms with van der Waals surface area (Å²) in [5.41, 5.74) is 8.76. The standard InChI is InChI=1S/C23H15N3O3.C4H9NO/c27-21(17-7-4-8-20-16(17)9-10-26(20)23(28)29)19-13-25-22-18(19)11-15(12-24-22)14-5-2-1-3-6-14;1-2-3-4(5)6/h1-13H,(H,24,25)(H,28,29);2-3H2,1H3,(H2,5,6). The highest BCUT2D eigenvalue weighted by molar-refractivity contribution is 6.21. The molecule has 35 heavy (non-hydrogen) atoms. The number of ketones is 1. The predicted octanol–water partition coefficient (Wildman–Crippen LogP) is 5.21. The lowest BCUT2D eigenvalue weighted by molar-refractivity contribution is -0.118. The van der Waals surface area contributed by atoms with Crippen molar-refractivity contribution in [3.63, 3.8) is 0 Å². The van der Waals surface area contributed by atoms with Gasteiger partial charge in [0.25, 0.3) is 0 Å². The number of carboxylic acid groups (broad SMARTS) is 1. The van der Waals surface area contributed by atoms with Crippen LogP contribution < -0.4 is 5.73 Å². The van der Waals surface area contributed by atoms with Crippen molar-refractivity contribution in [3.05, 3.63) is 90.4 Å². The smallest absolute Gasteiger partial charge is 0.415 e. The number of H-pyrrole nitrogens is 1. The van der Waals surface area contributed by atoms with E-state index >= 15 is 0 Å². The monoisotopic (exact) mass is 468 g/mol. The number of rotatable bonds is 5. The lowest BCUT2D eigenvalue weighted by Crippen LogP contribution is -2.08. The summed E-state index contributed by atoms with van der Waals surface area (Å²) < 4.78 is 1.11. The molecular weight excluding hydrogens is 444 g/mol. The summed E-state index contributed by atoms with van der Waals surface area (Å²) >= 11 is 0. The van der Waals surface area contributed by atoms with Crippen LogP contribution in [-0.4, -0.2) is 37.4 Å². The summed E-state index contributed by atoms with van der Waals surface area (Å²) in [5, 5.41) is 10.7. The van der Waals surface area contributed by atoms with E-state index in [-0.39, 0.29) is 11.7 Å². The Bertz CT molecular complexity index is 1530. The number of aromatic nitrogens is 3. The molecule has 0 aliphatic heterocycles. The molecule has 0 saturated carbocycles. The molecule has 0 radical (unpaired) electrons. The highest BCUT2D eigenvalue weighted by atomic mass is 16.4. The Labute approximate surface area is 201 Å². The molecule has 5 aromatic rings. The van der Waals surface area contributed by atoms with Gasteiger partial charge in [-0.25, -0.2) is 9.78 Å². The molecule has 0 atom stereocenters. The molecule has 3 aromatic heterocycles. The van der Waals surface area contributed by atoms with Gasteiger partial charge < -0.3 is 15.8 Å². The number of primary amides is 1. The summed E-state index contributed by atoms with van der Waals surface area (Å²) in [5.74, 6) is -0.394. The zero-order valence-corrected chi connectivity index (χ0v) is 19.1. The molecule has 5 rings (SSSR count). The zero-order valence-electron chi connectivity index (χ0n) is 19.1. The Morgan fingerprint density at radius 1 is 0.971 bits per heavy atom. The third kappa shape index (κ3) is 4.81. The summed E-state index contributed by atoms with van der Waals surface area (Å²) in [6, 6.07) is 18.5. The van der Waals surface area contributed by atoms with E-state index in [9.17, 15) is 19.5 Å². The average Bonchev–Trinajstić information content (AvgIpc) is 3.48. The van der Waals surface area contributed by atoms with Crippen LogP contribution in [0.5, 0.6) is 0 Å². The molecule has 0 unspecified atom stereocenters. The van der Waals surface area contributed by atoms with Gasteiger partial charge in [0.15, 0.2) is 5.78 Å². The number of pyridine rings is 1. The minimum atomic E-state index is -1.09. The number of nitrogens with one attached hydrogen (secondary N) is 1. The molecule has 0 aliphatic carbocycles. The van der Waals surface area contributed by atoms with Crippen molar-refractivity contribution in [1.82, 2.24) is 14.5 Å². The van der Waals surface area contributed by atoms with Crippen LogP contribution in [0.25, 0.3) is 33.1 Å². The normalized spacial score (nSPS) is 10.7. The number of nitrogens with two attached hydrogens (primary N) is 1. The number of hydrogen-bond acceptors (Lipinski definition) is 4. The number of aromatic amines is 1. The number of benzene rings is 2. The summed E-state index contributed by atoms with van der Waals surface area (Å²) in [7, 11) is 0. The number of amides is 1. The van der Waals surface area contributed by atoms with E-state index in [1.807, 2.05) is 43.3 Å². The molecule has 1 amide bonds. The second kappa shape index (κ2) is 10.0. The molecule has 0 bridgehead atoms. The molecule has 176 valence electrons. The Kier molecular flexibility index (Phi) is 6.73. The minimum absolute atomic E-state index is 0.183. The highest BCUT2D eigenvalue weighted by Gasteiger charge is 2.19. The van der Waals surface area contributed by atoms with Gasteiger partial charge in [-0.3, -0.25) is 14.2 Å². The van der Waals surface area contributed by atoms with Crippen LogP contribution >= 0.6 is 0 Å². The highest BCUT2D eigenvalue weighted by Crippen LogP contribution is 2.28. The first-order valence-electron chi connectivity index (χ1n) is 11.1. The fourth-order valence-corrected chi connectivity index (χ4v) is 3.90. The minimum Gasteiger partial charge on any atom is -0.464 e. The van der Waals surface area contributed by atoms with E-state index < -0.39 is 6.09 Å². The number of nitrogens with zero attached hydrogens (tertiary/aromatic N) is 2. The molecule has 0 fully saturated rings. The van der Waals surface area contributed by atoms with E-state index in [0.29, 0.717) is 34.1 Å². The molecule has 0 saturated heterocycles. The maximum Gasteiger partial charge on any atom is 0.415 e. The average molecular weight is 469 g/mol. The van der Waals surface area contributed by atoms with Crippen LogP contribution in [0, 0.1) is 0 Å². The Hall–Kier alpha value is -4.72. The van der Waals surface area contributed by atoms with Crippen molar-refractivity contribution < 1.29 is 19.5 Å². The van der Waals surface area contributed by atoms with Gasteiger partial charge in [0.05, 0.1) is 5.52 Å². The van der Waals surface area contributed by atoms with Gasteiger partial charge >= 0.3 is 6.09 Å². The molecule has 8 heteroatoms. The number of carbonyl (C=O) groups excluding carboxylic acids is 2. The fourth-order valence-electron chi connectivity index (χ4n) is 3.90. The van der Waals surface area contributed by atoms with Crippen molar-refractivity contribution in [2.24, 2.45) is 5.73 Å². The molecule has 3 heterocycles. The first-order chi connectivity index (χ1) is 16.9. The van der Waals surface area contributed by atoms with Crippen LogP contribution in [0.3, 0.4) is 0 Å². The third-order valence-electron chi connectivity index (χ3n) is 5.56. The first-order valence-corrected chi connectivity index (χ1v) is 11.1. The van der Waals surface area contributed by atoms with E-state index in [2.05, 4.69) is 9.97 Å². The number of carbonyl (C=O) groups is 3. The summed E-state index contributed by atoms with van der Waals surface area (Å²) in [6.07, 6.45) is 5.16. The van der Waals surface area contributed by atoms with Crippen LogP contribution in [0.4, 0.5) is 4.79 Å². The van der Waals surface area contributed by atoms with Gasteiger partial charge in [-0.05, 0) is 30.2 Å². The topological polar surface area (TPSA) is 131 Å². The Morgan fingerprint density at radius 2 is 1.74 bits per heavy atom. The van der Waals surface area contributed by atoms with Crippen molar-refractivity contribution in [1.29, 1.82) is 0 Å². The predicted molar refractivity (Wildman–Crippen MR) is 134 cm³/mol. The molecule has 0 spiro atoms. The zero-order chi connectivity index (χ0) is 24.9. The van der Waals surface area contributed by atoms with Crippen molar-refractivity contribution in [2.75, 3.05) is 0 Å². The molecule has 8 nitrogen and oxygen atoms in total.